The Morgan fingerprint density at radius 3 is 2.39 bits per heavy atom. The van der Waals surface area contributed by atoms with Gasteiger partial charge in [0.15, 0.2) is 0 Å². The van der Waals surface area contributed by atoms with Crippen LogP contribution in [0.25, 0.3) is 11.8 Å². The molecule has 5 heteroatoms. The van der Waals surface area contributed by atoms with Crippen LogP contribution in [0.3, 0.4) is 0 Å². The molecule has 0 N–H and O–H groups in total. The molecule has 0 bridgehead atoms. The fourth-order valence-electron chi connectivity index (χ4n) is 2.46. The van der Waals surface area contributed by atoms with Crippen LogP contribution in [0.2, 0.25) is 0 Å². The Balaban J connectivity index is 2.49. The van der Waals surface area contributed by atoms with Crippen LogP contribution in [0, 0.1) is 25.2 Å². The van der Waals surface area contributed by atoms with Crippen molar-refractivity contribution in [2.45, 2.75) is 13.8 Å². The van der Waals surface area contributed by atoms with Gasteiger partial charge in [-0.25, -0.2) is 4.79 Å². The van der Waals surface area contributed by atoms with E-state index in [0.29, 0.717) is 0 Å². The third-order valence-electron chi connectivity index (χ3n) is 3.63. The lowest BCUT2D eigenvalue weighted by Crippen LogP contribution is -2.03. The number of carbonyl (C=O) groups excluding carboxylic acids is 1. The number of aryl methyl sites for hydroxylation is 1. The molecule has 0 aliphatic rings. The number of nitriles is 1. The van der Waals surface area contributed by atoms with E-state index in [1.54, 1.807) is 13.2 Å². The van der Waals surface area contributed by atoms with E-state index in [1.807, 2.05) is 50.2 Å². The number of hydrogen-bond acceptors (Lipinski definition) is 4. The standard InChI is InChI=1S/C18H18N2O3/c1-12-9-14(10-15(11-19)18(21)23-4)13(2)20(12)16-5-7-17(22-3)8-6-16/h5-10H,1-4H3/b15-10+. The molecule has 1 heterocycles. The van der Waals surface area contributed by atoms with Gasteiger partial charge in [-0.3, -0.25) is 0 Å². The number of carbonyl (C=O) groups is 1. The summed E-state index contributed by atoms with van der Waals surface area (Å²) in [6, 6.07) is 11.5. The maximum Gasteiger partial charge on any atom is 0.348 e. The lowest BCUT2D eigenvalue weighted by molar-refractivity contribution is -0.135. The zero-order valence-corrected chi connectivity index (χ0v) is 13.6. The highest BCUT2D eigenvalue weighted by molar-refractivity contribution is 5.98. The maximum absolute atomic E-state index is 11.6. The SMILES string of the molecule is COC(=O)/C(C#N)=C/c1cc(C)n(-c2ccc(OC)cc2)c1C. The largest absolute Gasteiger partial charge is 0.497 e. The van der Waals surface area contributed by atoms with E-state index < -0.39 is 5.97 Å². The van der Waals surface area contributed by atoms with Gasteiger partial charge in [0.1, 0.15) is 17.4 Å². The Morgan fingerprint density at radius 2 is 1.87 bits per heavy atom. The number of aromatic nitrogens is 1. The molecule has 0 saturated heterocycles. The molecule has 0 aliphatic heterocycles. The molecule has 0 atom stereocenters. The second-order valence-corrected chi connectivity index (χ2v) is 5.02. The Morgan fingerprint density at radius 1 is 1.22 bits per heavy atom. The molecule has 0 radical (unpaired) electrons. The molecule has 2 aromatic rings. The topological polar surface area (TPSA) is 64.2 Å². The summed E-state index contributed by atoms with van der Waals surface area (Å²) < 4.78 is 11.8. The second kappa shape index (κ2) is 6.84. The van der Waals surface area contributed by atoms with Crippen LogP contribution in [-0.4, -0.2) is 24.8 Å². The van der Waals surface area contributed by atoms with Crippen LogP contribution >= 0.6 is 0 Å². The van der Waals surface area contributed by atoms with Gasteiger partial charge in [0.05, 0.1) is 14.2 Å². The molecule has 0 aliphatic carbocycles. The maximum atomic E-state index is 11.6. The molecule has 118 valence electrons. The third-order valence-corrected chi connectivity index (χ3v) is 3.63. The van der Waals surface area contributed by atoms with Gasteiger partial charge < -0.3 is 14.0 Å². The van der Waals surface area contributed by atoms with Crippen LogP contribution in [0.1, 0.15) is 17.0 Å². The van der Waals surface area contributed by atoms with Crippen LogP contribution < -0.4 is 4.74 Å². The first-order chi connectivity index (χ1) is 11.0. The molecule has 0 unspecified atom stereocenters. The fraction of sp³-hybridized carbons (Fsp3) is 0.222. The summed E-state index contributed by atoms with van der Waals surface area (Å²) in [5.74, 6) is 0.149. The van der Waals surface area contributed by atoms with Crippen molar-refractivity contribution in [1.82, 2.24) is 4.57 Å². The highest BCUT2D eigenvalue weighted by Gasteiger charge is 2.13. The van der Waals surface area contributed by atoms with Gasteiger partial charge in [-0.1, -0.05) is 0 Å². The fourth-order valence-corrected chi connectivity index (χ4v) is 2.46. The first-order valence-electron chi connectivity index (χ1n) is 7.05. The van der Waals surface area contributed by atoms with E-state index in [-0.39, 0.29) is 5.57 Å². The molecule has 1 aromatic heterocycles. The van der Waals surface area contributed by atoms with Gasteiger partial charge in [-0.2, -0.15) is 5.26 Å². The van der Waals surface area contributed by atoms with Crippen molar-refractivity contribution in [3.8, 4) is 17.5 Å². The Kier molecular flexibility index (Phi) is 4.87. The van der Waals surface area contributed by atoms with Crippen molar-refractivity contribution in [3.05, 3.63) is 52.9 Å². The van der Waals surface area contributed by atoms with Crippen molar-refractivity contribution >= 4 is 12.0 Å². The number of benzene rings is 1. The normalized spacial score (nSPS) is 11.0. The van der Waals surface area contributed by atoms with Gasteiger partial charge in [0.2, 0.25) is 0 Å². The lowest BCUT2D eigenvalue weighted by Gasteiger charge is -2.10. The minimum Gasteiger partial charge on any atom is -0.497 e. The van der Waals surface area contributed by atoms with Crippen molar-refractivity contribution in [3.63, 3.8) is 0 Å². The lowest BCUT2D eigenvalue weighted by atomic mass is 10.1. The molecule has 0 saturated carbocycles. The number of hydrogen-bond donors (Lipinski definition) is 0. The summed E-state index contributed by atoms with van der Waals surface area (Å²) in [5.41, 5.74) is 3.70. The number of nitrogens with zero attached hydrogens (tertiary/aromatic N) is 2. The summed E-state index contributed by atoms with van der Waals surface area (Å²) in [6.45, 7) is 3.91. The molecule has 5 nitrogen and oxygen atoms in total. The molecule has 2 rings (SSSR count). The van der Waals surface area contributed by atoms with Gasteiger partial charge in [0.25, 0.3) is 0 Å². The average molecular weight is 310 g/mol. The molecular formula is C18H18N2O3. The van der Waals surface area contributed by atoms with E-state index >= 15 is 0 Å². The van der Waals surface area contributed by atoms with Gasteiger partial charge in [-0.15, -0.1) is 0 Å². The smallest absolute Gasteiger partial charge is 0.348 e. The van der Waals surface area contributed by atoms with Crippen LogP contribution in [0.5, 0.6) is 5.75 Å². The predicted octanol–water partition coefficient (Wildman–Crippen LogP) is 3.18. The van der Waals surface area contributed by atoms with E-state index in [0.717, 1.165) is 28.4 Å². The first kappa shape index (κ1) is 16.4. The minimum absolute atomic E-state index is 0.0255. The molecule has 1 aromatic carbocycles. The highest BCUT2D eigenvalue weighted by Crippen LogP contribution is 2.24. The highest BCUT2D eigenvalue weighted by atomic mass is 16.5. The van der Waals surface area contributed by atoms with Gasteiger partial charge in [0, 0.05) is 17.1 Å². The number of esters is 1. The Hall–Kier alpha value is -3.00. The van der Waals surface area contributed by atoms with Crippen molar-refractivity contribution in [2.24, 2.45) is 0 Å². The third kappa shape index (κ3) is 3.27. The summed E-state index contributed by atoms with van der Waals surface area (Å²) in [4.78, 5) is 11.6. The molecular weight excluding hydrogens is 292 g/mol. The molecule has 23 heavy (non-hydrogen) atoms. The first-order valence-corrected chi connectivity index (χ1v) is 7.05. The molecule has 0 amide bonds. The number of ether oxygens (including phenoxy) is 2. The van der Waals surface area contributed by atoms with Crippen LogP contribution in [0.4, 0.5) is 0 Å². The van der Waals surface area contributed by atoms with Crippen molar-refractivity contribution < 1.29 is 14.3 Å². The Labute approximate surface area is 135 Å². The molecule has 0 fully saturated rings. The van der Waals surface area contributed by atoms with E-state index in [9.17, 15) is 4.79 Å². The van der Waals surface area contributed by atoms with Gasteiger partial charge >= 0.3 is 5.97 Å². The van der Waals surface area contributed by atoms with Crippen molar-refractivity contribution in [2.75, 3.05) is 14.2 Å². The summed E-state index contributed by atoms with van der Waals surface area (Å²) in [7, 11) is 2.88. The van der Waals surface area contributed by atoms with Crippen LogP contribution in [-0.2, 0) is 9.53 Å². The van der Waals surface area contributed by atoms with E-state index in [2.05, 4.69) is 9.30 Å². The zero-order valence-electron chi connectivity index (χ0n) is 13.6. The minimum atomic E-state index is -0.637. The van der Waals surface area contributed by atoms with Crippen LogP contribution in [0.15, 0.2) is 35.9 Å². The Bertz CT molecular complexity index is 793. The summed E-state index contributed by atoms with van der Waals surface area (Å²) in [5, 5.41) is 9.09. The number of rotatable bonds is 4. The summed E-state index contributed by atoms with van der Waals surface area (Å²) >= 11 is 0. The average Bonchev–Trinajstić information content (AvgIpc) is 2.85. The quantitative estimate of drug-likeness (QED) is 0.494. The second-order valence-electron chi connectivity index (χ2n) is 5.02. The van der Waals surface area contributed by atoms with E-state index in [4.69, 9.17) is 10.00 Å². The predicted molar refractivity (Wildman–Crippen MR) is 87.4 cm³/mol. The zero-order chi connectivity index (χ0) is 17.0. The van der Waals surface area contributed by atoms with Crippen molar-refractivity contribution in [1.29, 1.82) is 5.26 Å². The summed E-state index contributed by atoms with van der Waals surface area (Å²) in [6.07, 6.45) is 1.55. The van der Waals surface area contributed by atoms with Gasteiger partial charge in [-0.05, 0) is 55.8 Å². The number of methoxy groups -OCH3 is 2. The van der Waals surface area contributed by atoms with E-state index in [1.165, 1.54) is 7.11 Å². The monoisotopic (exact) mass is 310 g/mol. The molecule has 0 spiro atoms.